The molecule has 0 bridgehead atoms. The Bertz CT molecular complexity index is 1310. The second-order valence-corrected chi connectivity index (χ2v) is 10.8. The first kappa shape index (κ1) is 23.7. The van der Waals surface area contributed by atoms with Gasteiger partial charge in [-0.3, -0.25) is 10.2 Å². The summed E-state index contributed by atoms with van der Waals surface area (Å²) in [5.74, 6) is 0.438. The van der Waals surface area contributed by atoms with Crippen LogP contribution in [0.2, 0.25) is 0 Å². The molecular formula is C23H22N4O5S2. The van der Waals surface area contributed by atoms with Crippen molar-refractivity contribution in [2.45, 2.75) is 13.8 Å². The highest BCUT2D eigenvalue weighted by Gasteiger charge is 2.39. The van der Waals surface area contributed by atoms with Crippen molar-refractivity contribution < 1.29 is 22.7 Å². The van der Waals surface area contributed by atoms with Gasteiger partial charge in [0.05, 0.1) is 11.3 Å². The molecule has 0 aliphatic carbocycles. The van der Waals surface area contributed by atoms with Crippen LogP contribution >= 0.6 is 11.8 Å². The molecule has 0 radical (unpaired) electrons. The average molecular weight is 499 g/mol. The van der Waals surface area contributed by atoms with Crippen LogP contribution in [0.25, 0.3) is 6.08 Å². The van der Waals surface area contributed by atoms with Crippen molar-refractivity contribution >= 4 is 49.0 Å². The van der Waals surface area contributed by atoms with Crippen molar-refractivity contribution in [2.24, 2.45) is 10.1 Å². The van der Waals surface area contributed by atoms with Gasteiger partial charge in [-0.2, -0.15) is 10.0 Å². The molecule has 0 saturated carbocycles. The Kier molecular flexibility index (Phi) is 6.85. The van der Waals surface area contributed by atoms with Crippen LogP contribution < -0.4 is 9.47 Å². The number of nitrogens with one attached hydrogen (secondary N) is 1. The number of amidine groups is 2. The third-order valence-electron chi connectivity index (χ3n) is 4.91. The van der Waals surface area contributed by atoms with E-state index in [9.17, 15) is 13.2 Å². The van der Waals surface area contributed by atoms with Crippen LogP contribution in [-0.4, -0.2) is 53.7 Å². The second-order valence-electron chi connectivity index (χ2n) is 7.37. The lowest BCUT2D eigenvalue weighted by atomic mass is 10.1. The molecule has 176 valence electrons. The Balaban J connectivity index is 1.39. The Labute approximate surface area is 201 Å². The largest absolute Gasteiger partial charge is 0.490 e. The number of sulfone groups is 1. The van der Waals surface area contributed by atoms with Gasteiger partial charge < -0.3 is 9.47 Å². The summed E-state index contributed by atoms with van der Waals surface area (Å²) in [5.41, 5.74) is 1.84. The van der Waals surface area contributed by atoms with Crippen LogP contribution in [0.3, 0.4) is 0 Å². The number of benzene rings is 2. The molecule has 9 nitrogen and oxygen atoms in total. The minimum Gasteiger partial charge on any atom is -0.490 e. The highest BCUT2D eigenvalue weighted by Crippen LogP contribution is 2.30. The predicted molar refractivity (Wildman–Crippen MR) is 133 cm³/mol. The topological polar surface area (TPSA) is 121 Å². The van der Waals surface area contributed by atoms with E-state index in [1.54, 1.807) is 24.3 Å². The van der Waals surface area contributed by atoms with Crippen LogP contribution in [0.15, 0.2) is 64.2 Å². The van der Waals surface area contributed by atoms with E-state index in [1.165, 1.54) is 13.0 Å². The zero-order chi connectivity index (χ0) is 24.3. The molecule has 4 rings (SSSR count). The lowest BCUT2D eigenvalue weighted by molar-refractivity contribution is -0.114. The molecule has 2 heterocycles. The van der Waals surface area contributed by atoms with E-state index < -0.39 is 15.7 Å². The Hall–Kier alpha value is -3.44. The van der Waals surface area contributed by atoms with E-state index in [0.29, 0.717) is 24.5 Å². The first-order valence-corrected chi connectivity index (χ1v) is 12.9. The molecule has 0 atom stereocenters. The smallest absolute Gasteiger partial charge is 0.283 e. The number of carbonyl (C=O) groups excluding carboxylic acids is 1. The van der Waals surface area contributed by atoms with Crippen molar-refractivity contribution in [3.63, 3.8) is 0 Å². The summed E-state index contributed by atoms with van der Waals surface area (Å²) in [6, 6.07) is 14.8. The van der Waals surface area contributed by atoms with Crippen LogP contribution in [0.4, 0.5) is 0 Å². The third-order valence-corrected chi connectivity index (χ3v) is 8.00. The molecule has 34 heavy (non-hydrogen) atoms. The van der Waals surface area contributed by atoms with Crippen LogP contribution in [0, 0.1) is 12.3 Å². The number of aryl methyl sites for hydroxylation is 1. The number of carbonyl (C=O) groups is 1. The lowest BCUT2D eigenvalue weighted by Crippen LogP contribution is -2.35. The van der Waals surface area contributed by atoms with E-state index in [4.69, 9.17) is 14.9 Å². The fourth-order valence-corrected chi connectivity index (χ4v) is 5.17. The number of aliphatic imine (C=N–C) groups is 1. The fourth-order valence-electron chi connectivity index (χ4n) is 3.00. The highest BCUT2D eigenvalue weighted by molar-refractivity contribution is 8.42. The molecule has 2 aromatic rings. The van der Waals surface area contributed by atoms with Crippen LogP contribution in [0.5, 0.6) is 11.5 Å². The first-order valence-electron chi connectivity index (χ1n) is 10.4. The minimum atomic E-state index is -3.57. The molecule has 11 heteroatoms. The number of rotatable bonds is 7. The molecule has 1 amide bonds. The van der Waals surface area contributed by atoms with Crippen LogP contribution in [-0.2, 0) is 14.6 Å². The molecular weight excluding hydrogens is 476 g/mol. The Morgan fingerprint density at radius 2 is 1.62 bits per heavy atom. The van der Waals surface area contributed by atoms with Gasteiger partial charge >= 0.3 is 0 Å². The summed E-state index contributed by atoms with van der Waals surface area (Å²) in [4.78, 5) is 16.4. The molecule has 1 N–H and O–H groups in total. The maximum Gasteiger partial charge on any atom is 0.283 e. The van der Waals surface area contributed by atoms with Crippen LogP contribution in [0.1, 0.15) is 18.1 Å². The summed E-state index contributed by atoms with van der Waals surface area (Å²) in [6.45, 7) is 4.27. The van der Waals surface area contributed by atoms with E-state index >= 15 is 0 Å². The van der Waals surface area contributed by atoms with Gasteiger partial charge in [-0.05, 0) is 54.6 Å². The van der Waals surface area contributed by atoms with E-state index in [2.05, 4.69) is 10.1 Å². The zero-order valence-corrected chi connectivity index (χ0v) is 20.1. The standard InChI is InChI=1S/C23H22N4O5S2/c1-3-34(29,30)23-26-27-20(24)19(21(28)25-22(27)33-23)14-16-6-10-18(11-7-16)32-13-12-31-17-8-4-15(2)5-9-17/h4-11,14,24H,3,12-13H2,1-2H3/b19-14+,24-20?. The fraction of sp³-hybridized carbons (Fsp3) is 0.217. The van der Waals surface area contributed by atoms with E-state index in [0.717, 1.165) is 28.1 Å². The van der Waals surface area contributed by atoms with Crippen molar-refractivity contribution in [1.29, 1.82) is 5.41 Å². The predicted octanol–water partition coefficient (Wildman–Crippen LogP) is 3.46. The third kappa shape index (κ3) is 5.20. The summed E-state index contributed by atoms with van der Waals surface area (Å²) in [6.07, 6.45) is 1.52. The lowest BCUT2D eigenvalue weighted by Gasteiger charge is -2.20. The molecule has 2 aliphatic heterocycles. The molecule has 0 aromatic heterocycles. The molecule has 2 aliphatic rings. The summed E-state index contributed by atoms with van der Waals surface area (Å²) >= 11 is 0.775. The number of nitrogens with zero attached hydrogens (tertiary/aromatic N) is 3. The van der Waals surface area contributed by atoms with Crippen molar-refractivity contribution in [3.05, 3.63) is 65.2 Å². The number of fused-ring (bicyclic) bond motifs is 1. The maximum absolute atomic E-state index is 12.5. The number of hydrogen-bond acceptors (Lipinski definition) is 8. The van der Waals surface area contributed by atoms with Gasteiger partial charge in [0, 0.05) is 0 Å². The monoisotopic (exact) mass is 498 g/mol. The van der Waals surface area contributed by atoms with Gasteiger partial charge in [-0.1, -0.05) is 36.8 Å². The van der Waals surface area contributed by atoms with Gasteiger partial charge in [-0.15, -0.1) is 5.10 Å². The maximum atomic E-state index is 12.5. The van der Waals surface area contributed by atoms with Gasteiger partial charge in [0.25, 0.3) is 5.91 Å². The first-order chi connectivity index (χ1) is 16.3. The van der Waals surface area contributed by atoms with Gasteiger partial charge in [0.2, 0.25) is 19.4 Å². The number of hydrazone groups is 1. The minimum absolute atomic E-state index is 0.0170. The number of hydrogen-bond donors (Lipinski definition) is 1. The number of thioether (sulfide) groups is 1. The summed E-state index contributed by atoms with van der Waals surface area (Å²) in [5, 5.41) is 13.5. The Morgan fingerprint density at radius 3 is 2.21 bits per heavy atom. The second kappa shape index (κ2) is 9.82. The quantitative estimate of drug-likeness (QED) is 0.458. The SMILES string of the molecule is CCS(=O)(=O)C1=NN2C(=N)/C(=C\c3ccc(OCCOc4ccc(C)cc4)cc3)C(=O)N=C2S1. The molecule has 0 unspecified atom stereocenters. The van der Waals surface area contributed by atoms with Crippen molar-refractivity contribution in [1.82, 2.24) is 5.01 Å². The van der Waals surface area contributed by atoms with E-state index in [1.807, 2.05) is 31.2 Å². The molecule has 0 saturated heterocycles. The van der Waals surface area contributed by atoms with Gasteiger partial charge in [-0.25, -0.2) is 8.42 Å². The molecule has 0 fully saturated rings. The van der Waals surface area contributed by atoms with Crippen molar-refractivity contribution in [2.75, 3.05) is 19.0 Å². The highest BCUT2D eigenvalue weighted by atomic mass is 32.3. The molecule has 0 spiro atoms. The number of amides is 1. The zero-order valence-electron chi connectivity index (χ0n) is 18.5. The van der Waals surface area contributed by atoms with Gasteiger partial charge in [0.1, 0.15) is 24.7 Å². The Morgan fingerprint density at radius 1 is 1.03 bits per heavy atom. The normalized spacial score (nSPS) is 16.9. The molecule has 2 aromatic carbocycles. The summed E-state index contributed by atoms with van der Waals surface area (Å²) < 4.78 is 35.3. The summed E-state index contributed by atoms with van der Waals surface area (Å²) in [7, 11) is -3.57. The van der Waals surface area contributed by atoms with Crippen molar-refractivity contribution in [3.8, 4) is 11.5 Å². The number of ether oxygens (including phenoxy) is 2. The van der Waals surface area contributed by atoms with E-state index in [-0.39, 0.29) is 26.7 Å². The van der Waals surface area contributed by atoms with Gasteiger partial charge in [0.15, 0.2) is 5.84 Å². The average Bonchev–Trinajstić information content (AvgIpc) is 3.27.